The van der Waals surface area contributed by atoms with Gasteiger partial charge in [0.1, 0.15) is 0 Å². The number of aryl methyl sites for hydroxylation is 2. The molecule has 1 aliphatic carbocycles. The van der Waals surface area contributed by atoms with Crippen LogP contribution in [-0.2, 0) is 16.8 Å². The average Bonchev–Trinajstić information content (AvgIpc) is 3.55. The Hall–Kier alpha value is -3.48. The molecule has 1 saturated carbocycles. The number of rotatable bonds is 8. The zero-order valence-corrected chi connectivity index (χ0v) is 20.3. The lowest BCUT2D eigenvalue weighted by atomic mass is 9.88. The molecular weight excluding hydrogens is 438 g/mol. The summed E-state index contributed by atoms with van der Waals surface area (Å²) in [7, 11) is 0. The Morgan fingerprint density at radius 1 is 1.09 bits per heavy atom. The standard InChI is InChI=1S/C28H33N5O2/c1-21-8-9-24(26(34)30-14-5-16-32-19-15-29-20-32)25(31-21)22-10-17-33(18-11-22)27(35)28(12-13-28)23-6-3-2-4-7-23/h2-4,6-9,15,19-20,22H,5,10-14,16-18H2,1H3,(H,30,34). The van der Waals surface area contributed by atoms with E-state index in [0.717, 1.165) is 55.6 Å². The lowest BCUT2D eigenvalue weighted by molar-refractivity contribution is -0.135. The van der Waals surface area contributed by atoms with Gasteiger partial charge in [0.2, 0.25) is 5.91 Å². The number of imidazole rings is 1. The van der Waals surface area contributed by atoms with E-state index in [1.54, 1.807) is 12.5 Å². The second kappa shape index (κ2) is 10.0. The highest BCUT2D eigenvalue weighted by Gasteiger charge is 2.53. The topological polar surface area (TPSA) is 80.1 Å². The van der Waals surface area contributed by atoms with E-state index < -0.39 is 0 Å². The average molecular weight is 472 g/mol. The first-order valence-corrected chi connectivity index (χ1v) is 12.6. The summed E-state index contributed by atoms with van der Waals surface area (Å²) in [6.45, 7) is 4.79. The van der Waals surface area contributed by atoms with Crippen molar-refractivity contribution in [2.45, 2.75) is 56.9 Å². The largest absolute Gasteiger partial charge is 0.352 e. The number of nitrogens with one attached hydrogen (secondary N) is 1. The summed E-state index contributed by atoms with van der Waals surface area (Å²) in [5, 5.41) is 3.06. The molecule has 7 heteroatoms. The number of hydrogen-bond acceptors (Lipinski definition) is 4. The molecule has 0 radical (unpaired) electrons. The lowest BCUT2D eigenvalue weighted by Gasteiger charge is -2.35. The van der Waals surface area contributed by atoms with Crippen molar-refractivity contribution in [3.8, 4) is 0 Å². The minimum Gasteiger partial charge on any atom is -0.352 e. The van der Waals surface area contributed by atoms with E-state index in [1.165, 1.54) is 0 Å². The molecule has 0 spiro atoms. The highest BCUT2D eigenvalue weighted by molar-refractivity contribution is 5.95. The molecule has 5 rings (SSSR count). The predicted octanol–water partition coefficient (Wildman–Crippen LogP) is 3.84. The van der Waals surface area contributed by atoms with Crippen LogP contribution in [-0.4, -0.2) is 50.9 Å². The van der Waals surface area contributed by atoms with E-state index in [1.807, 2.05) is 52.9 Å². The summed E-state index contributed by atoms with van der Waals surface area (Å²) in [6, 6.07) is 14.0. The van der Waals surface area contributed by atoms with Gasteiger partial charge in [-0.3, -0.25) is 14.6 Å². The van der Waals surface area contributed by atoms with Crippen LogP contribution in [0.25, 0.3) is 0 Å². The number of hydrogen-bond donors (Lipinski definition) is 1. The Morgan fingerprint density at radius 2 is 1.86 bits per heavy atom. The quantitative estimate of drug-likeness (QED) is 0.506. The van der Waals surface area contributed by atoms with Crippen molar-refractivity contribution in [3.05, 3.63) is 83.7 Å². The highest BCUT2D eigenvalue weighted by Crippen LogP contribution is 2.50. The molecule has 2 amide bonds. The molecule has 1 saturated heterocycles. The maximum Gasteiger partial charge on any atom is 0.253 e. The third-order valence-electron chi connectivity index (χ3n) is 7.40. The fourth-order valence-electron chi connectivity index (χ4n) is 5.22. The lowest BCUT2D eigenvalue weighted by Crippen LogP contribution is -2.44. The van der Waals surface area contributed by atoms with Crippen LogP contribution in [0.2, 0.25) is 0 Å². The van der Waals surface area contributed by atoms with Crippen LogP contribution in [0.15, 0.2) is 61.2 Å². The van der Waals surface area contributed by atoms with Crippen LogP contribution in [0.3, 0.4) is 0 Å². The number of carbonyl (C=O) groups excluding carboxylic acids is 2. The van der Waals surface area contributed by atoms with Crippen molar-refractivity contribution >= 4 is 11.8 Å². The maximum atomic E-state index is 13.4. The Kier molecular flexibility index (Phi) is 6.66. The van der Waals surface area contributed by atoms with Crippen LogP contribution in [0.5, 0.6) is 0 Å². The van der Waals surface area contributed by atoms with Crippen molar-refractivity contribution in [2.24, 2.45) is 0 Å². The minimum atomic E-state index is -0.322. The molecular formula is C28H33N5O2. The second-order valence-corrected chi connectivity index (χ2v) is 9.81. The van der Waals surface area contributed by atoms with Gasteiger partial charge in [-0.25, -0.2) is 4.98 Å². The summed E-state index contributed by atoms with van der Waals surface area (Å²) in [4.78, 5) is 37.3. The smallest absolute Gasteiger partial charge is 0.253 e. The number of amides is 2. The van der Waals surface area contributed by atoms with Gasteiger partial charge < -0.3 is 14.8 Å². The Balaban J connectivity index is 1.20. The molecule has 182 valence electrons. The molecule has 0 unspecified atom stereocenters. The van der Waals surface area contributed by atoms with Gasteiger partial charge >= 0.3 is 0 Å². The fourth-order valence-corrected chi connectivity index (χ4v) is 5.22. The summed E-state index contributed by atoms with van der Waals surface area (Å²) >= 11 is 0. The van der Waals surface area contributed by atoms with Gasteiger partial charge in [0.25, 0.3) is 5.91 Å². The molecule has 0 atom stereocenters. The zero-order valence-electron chi connectivity index (χ0n) is 20.3. The van der Waals surface area contributed by atoms with E-state index in [9.17, 15) is 9.59 Å². The number of benzene rings is 1. The first-order chi connectivity index (χ1) is 17.1. The Morgan fingerprint density at radius 3 is 2.54 bits per heavy atom. The van der Waals surface area contributed by atoms with E-state index in [2.05, 4.69) is 22.4 Å². The maximum absolute atomic E-state index is 13.4. The molecule has 0 bridgehead atoms. The van der Waals surface area contributed by atoms with Crippen molar-refractivity contribution in [3.63, 3.8) is 0 Å². The molecule has 2 aliphatic rings. The van der Waals surface area contributed by atoms with Gasteiger partial charge in [0.05, 0.1) is 23.0 Å². The zero-order chi connectivity index (χ0) is 24.3. The predicted molar refractivity (Wildman–Crippen MR) is 134 cm³/mol. The first-order valence-electron chi connectivity index (χ1n) is 12.6. The van der Waals surface area contributed by atoms with E-state index >= 15 is 0 Å². The Labute approximate surface area is 206 Å². The van der Waals surface area contributed by atoms with Crippen molar-refractivity contribution in [2.75, 3.05) is 19.6 Å². The van der Waals surface area contributed by atoms with Crippen molar-refractivity contribution in [1.29, 1.82) is 0 Å². The molecule has 1 N–H and O–H groups in total. The summed E-state index contributed by atoms with van der Waals surface area (Å²) in [5.74, 6) is 0.366. The van der Waals surface area contributed by atoms with Crippen LogP contribution < -0.4 is 5.32 Å². The van der Waals surface area contributed by atoms with Crippen LogP contribution in [0, 0.1) is 6.92 Å². The summed E-state index contributed by atoms with van der Waals surface area (Å²) in [6.07, 6.45) is 9.81. The molecule has 2 fully saturated rings. The van der Waals surface area contributed by atoms with E-state index in [-0.39, 0.29) is 23.1 Å². The van der Waals surface area contributed by atoms with Crippen molar-refractivity contribution < 1.29 is 9.59 Å². The number of likely N-dealkylation sites (tertiary alicyclic amines) is 1. The highest BCUT2D eigenvalue weighted by atomic mass is 16.2. The van der Waals surface area contributed by atoms with E-state index in [4.69, 9.17) is 4.98 Å². The van der Waals surface area contributed by atoms with Crippen LogP contribution >= 0.6 is 0 Å². The minimum absolute atomic E-state index is 0.0716. The molecule has 1 aliphatic heterocycles. The third-order valence-corrected chi connectivity index (χ3v) is 7.40. The van der Waals surface area contributed by atoms with Gasteiger partial charge in [-0.15, -0.1) is 0 Å². The second-order valence-electron chi connectivity index (χ2n) is 9.81. The van der Waals surface area contributed by atoms with Crippen molar-refractivity contribution in [1.82, 2.24) is 24.8 Å². The van der Waals surface area contributed by atoms with Gasteiger partial charge in [0, 0.05) is 50.2 Å². The third kappa shape index (κ3) is 4.99. The molecule has 35 heavy (non-hydrogen) atoms. The number of carbonyl (C=O) groups is 2. The number of pyridine rings is 1. The fraction of sp³-hybridized carbons (Fsp3) is 0.429. The van der Waals surface area contributed by atoms with Gasteiger partial charge in [-0.2, -0.15) is 0 Å². The molecule has 3 heterocycles. The molecule has 2 aromatic heterocycles. The van der Waals surface area contributed by atoms with Gasteiger partial charge in [-0.1, -0.05) is 30.3 Å². The first kappa shape index (κ1) is 23.3. The van der Waals surface area contributed by atoms with Crippen LogP contribution in [0.4, 0.5) is 0 Å². The normalized spacial score (nSPS) is 17.2. The summed E-state index contributed by atoms with van der Waals surface area (Å²) in [5.41, 5.74) is 3.26. The molecule has 1 aromatic carbocycles. The van der Waals surface area contributed by atoms with Gasteiger partial charge in [0.15, 0.2) is 0 Å². The van der Waals surface area contributed by atoms with Crippen LogP contribution in [0.1, 0.15) is 65.3 Å². The Bertz CT molecular complexity index is 1160. The number of aromatic nitrogens is 3. The summed E-state index contributed by atoms with van der Waals surface area (Å²) < 4.78 is 2.00. The van der Waals surface area contributed by atoms with E-state index in [0.29, 0.717) is 25.2 Å². The molecule has 3 aromatic rings. The SMILES string of the molecule is Cc1ccc(C(=O)NCCCn2ccnc2)c(C2CCN(C(=O)C3(c4ccccc4)CC3)CC2)n1. The number of piperidine rings is 1. The monoisotopic (exact) mass is 471 g/mol. The molecule has 7 nitrogen and oxygen atoms in total. The van der Waals surface area contributed by atoms with Gasteiger partial charge in [-0.05, 0) is 56.7 Å². The number of nitrogens with zero attached hydrogens (tertiary/aromatic N) is 4.